The molecular weight excluding hydrogens is 220 g/mol. The summed E-state index contributed by atoms with van der Waals surface area (Å²) in [4.78, 5) is 1.37. The summed E-state index contributed by atoms with van der Waals surface area (Å²) in [5, 5.41) is 13.2. The van der Waals surface area contributed by atoms with E-state index in [1.54, 1.807) is 24.0 Å². The highest BCUT2D eigenvalue weighted by Crippen LogP contribution is 2.18. The molecule has 0 saturated heterocycles. The third kappa shape index (κ3) is 2.90. The summed E-state index contributed by atoms with van der Waals surface area (Å²) >= 11 is 1.79. The zero-order valence-corrected chi connectivity index (χ0v) is 10.3. The van der Waals surface area contributed by atoms with Crippen molar-refractivity contribution in [3.63, 3.8) is 0 Å². The number of rotatable bonds is 5. The van der Waals surface area contributed by atoms with Gasteiger partial charge in [-0.2, -0.15) is 0 Å². The first-order valence-corrected chi connectivity index (χ1v) is 6.25. The second-order valence-electron chi connectivity index (χ2n) is 3.96. The predicted octanol–water partition coefficient (Wildman–Crippen LogP) is 2.08. The van der Waals surface area contributed by atoms with Crippen LogP contribution < -0.4 is 5.32 Å². The molecule has 0 bridgehead atoms. The van der Waals surface area contributed by atoms with Gasteiger partial charge in [-0.3, -0.25) is 0 Å². The van der Waals surface area contributed by atoms with Crippen molar-refractivity contribution < 1.29 is 0 Å². The maximum atomic E-state index is 3.79. The second kappa shape index (κ2) is 5.23. The van der Waals surface area contributed by atoms with Gasteiger partial charge in [-0.1, -0.05) is 6.07 Å². The van der Waals surface area contributed by atoms with Crippen molar-refractivity contribution in [2.45, 2.75) is 32.5 Å². The minimum absolute atomic E-state index is 0.395. The van der Waals surface area contributed by atoms with Gasteiger partial charge in [-0.05, 0) is 25.3 Å². The molecule has 0 spiro atoms. The van der Waals surface area contributed by atoms with Crippen molar-refractivity contribution >= 4 is 11.3 Å². The Labute approximate surface area is 99.3 Å². The van der Waals surface area contributed by atoms with Gasteiger partial charge in [-0.15, -0.1) is 21.5 Å². The fourth-order valence-corrected chi connectivity index (χ4v) is 2.48. The molecule has 0 amide bonds. The van der Waals surface area contributed by atoms with Crippen molar-refractivity contribution in [1.82, 2.24) is 20.1 Å². The molecule has 0 saturated carbocycles. The standard InChI is InChI=1S/C11H16N4S/c1-9(6-15-7-12-13-8-15)14-10(2)11-4-3-5-16-11/h3-5,7-10,14H,6H2,1-2H3. The molecule has 0 aliphatic heterocycles. The molecule has 86 valence electrons. The van der Waals surface area contributed by atoms with Crippen LogP contribution >= 0.6 is 11.3 Å². The van der Waals surface area contributed by atoms with Gasteiger partial charge in [0.05, 0.1) is 0 Å². The number of hydrogen-bond acceptors (Lipinski definition) is 4. The molecule has 2 atom stereocenters. The van der Waals surface area contributed by atoms with Crippen LogP contribution in [0.5, 0.6) is 0 Å². The van der Waals surface area contributed by atoms with E-state index in [2.05, 4.69) is 46.9 Å². The fraction of sp³-hybridized carbons (Fsp3) is 0.455. The van der Waals surface area contributed by atoms with Gasteiger partial charge in [0.15, 0.2) is 0 Å². The van der Waals surface area contributed by atoms with E-state index in [4.69, 9.17) is 0 Å². The van der Waals surface area contributed by atoms with Crippen molar-refractivity contribution in [2.24, 2.45) is 0 Å². The zero-order valence-electron chi connectivity index (χ0n) is 9.50. The van der Waals surface area contributed by atoms with Crippen molar-refractivity contribution in [1.29, 1.82) is 0 Å². The summed E-state index contributed by atoms with van der Waals surface area (Å²) in [6, 6.07) is 5.04. The van der Waals surface area contributed by atoms with Crippen LogP contribution in [0.1, 0.15) is 24.8 Å². The smallest absolute Gasteiger partial charge is 0.119 e. The molecule has 16 heavy (non-hydrogen) atoms. The molecule has 0 aliphatic carbocycles. The molecule has 0 aromatic carbocycles. The summed E-state index contributed by atoms with van der Waals surface area (Å²) in [7, 11) is 0. The number of hydrogen-bond donors (Lipinski definition) is 1. The van der Waals surface area contributed by atoms with Crippen LogP contribution in [0.25, 0.3) is 0 Å². The van der Waals surface area contributed by atoms with Crippen LogP contribution in [0.4, 0.5) is 0 Å². The Bertz CT molecular complexity index is 396. The number of thiophene rings is 1. The van der Waals surface area contributed by atoms with E-state index in [0.29, 0.717) is 12.1 Å². The normalized spacial score (nSPS) is 14.9. The molecule has 0 aliphatic rings. The van der Waals surface area contributed by atoms with E-state index in [-0.39, 0.29) is 0 Å². The minimum Gasteiger partial charge on any atom is -0.319 e. The van der Waals surface area contributed by atoms with Crippen LogP contribution in [0.2, 0.25) is 0 Å². The molecule has 2 heterocycles. The molecule has 5 heteroatoms. The highest BCUT2D eigenvalue weighted by Gasteiger charge is 2.10. The second-order valence-corrected chi connectivity index (χ2v) is 4.94. The third-order valence-electron chi connectivity index (χ3n) is 2.46. The lowest BCUT2D eigenvalue weighted by Crippen LogP contribution is -2.32. The quantitative estimate of drug-likeness (QED) is 0.864. The highest BCUT2D eigenvalue weighted by atomic mass is 32.1. The number of nitrogens with zero attached hydrogens (tertiary/aromatic N) is 3. The Morgan fingerprint density at radius 1 is 1.38 bits per heavy atom. The first-order chi connectivity index (χ1) is 7.75. The molecule has 2 aromatic heterocycles. The van der Waals surface area contributed by atoms with Crippen molar-refractivity contribution in [3.8, 4) is 0 Å². The first kappa shape index (κ1) is 11.3. The molecule has 1 N–H and O–H groups in total. The molecule has 2 rings (SSSR count). The Kier molecular flexibility index (Phi) is 3.69. The Morgan fingerprint density at radius 3 is 2.75 bits per heavy atom. The summed E-state index contributed by atoms with van der Waals surface area (Å²) in [6.07, 6.45) is 3.49. The summed E-state index contributed by atoms with van der Waals surface area (Å²) in [5.41, 5.74) is 0. The van der Waals surface area contributed by atoms with Gasteiger partial charge < -0.3 is 9.88 Å². The Morgan fingerprint density at radius 2 is 2.12 bits per heavy atom. The lowest BCUT2D eigenvalue weighted by molar-refractivity contribution is 0.433. The van der Waals surface area contributed by atoms with Gasteiger partial charge in [0.1, 0.15) is 12.7 Å². The molecule has 2 unspecified atom stereocenters. The van der Waals surface area contributed by atoms with Crippen molar-refractivity contribution in [2.75, 3.05) is 0 Å². The Hall–Kier alpha value is -1.20. The summed E-state index contributed by atoms with van der Waals surface area (Å²) in [6.45, 7) is 5.25. The van der Waals surface area contributed by atoms with Crippen LogP contribution in [0.3, 0.4) is 0 Å². The average molecular weight is 236 g/mol. The van der Waals surface area contributed by atoms with Gasteiger partial charge in [0.25, 0.3) is 0 Å². The van der Waals surface area contributed by atoms with E-state index < -0.39 is 0 Å². The average Bonchev–Trinajstić information content (AvgIpc) is 2.88. The first-order valence-electron chi connectivity index (χ1n) is 5.37. The summed E-state index contributed by atoms with van der Waals surface area (Å²) in [5.74, 6) is 0. The molecule has 0 fully saturated rings. The molecule has 2 aromatic rings. The van der Waals surface area contributed by atoms with Gasteiger partial charge in [-0.25, -0.2) is 0 Å². The topological polar surface area (TPSA) is 42.7 Å². The van der Waals surface area contributed by atoms with Crippen LogP contribution in [0.15, 0.2) is 30.2 Å². The predicted molar refractivity (Wildman–Crippen MR) is 65.4 cm³/mol. The van der Waals surface area contributed by atoms with E-state index in [1.165, 1.54) is 4.88 Å². The molecule has 0 radical (unpaired) electrons. The maximum absolute atomic E-state index is 3.79. The third-order valence-corrected chi connectivity index (χ3v) is 3.51. The van der Waals surface area contributed by atoms with E-state index in [1.807, 2.05) is 4.57 Å². The number of aromatic nitrogens is 3. The number of nitrogens with one attached hydrogen (secondary N) is 1. The van der Waals surface area contributed by atoms with Crippen LogP contribution in [-0.4, -0.2) is 20.8 Å². The fourth-order valence-electron chi connectivity index (χ4n) is 1.73. The molecule has 4 nitrogen and oxygen atoms in total. The van der Waals surface area contributed by atoms with E-state index in [0.717, 1.165) is 6.54 Å². The molecular formula is C11H16N4S. The van der Waals surface area contributed by atoms with Gasteiger partial charge in [0.2, 0.25) is 0 Å². The Balaban J connectivity index is 1.85. The minimum atomic E-state index is 0.395. The SMILES string of the molecule is CC(Cn1cnnc1)NC(C)c1cccs1. The van der Waals surface area contributed by atoms with Crippen LogP contribution in [0, 0.1) is 0 Å². The monoisotopic (exact) mass is 236 g/mol. The van der Waals surface area contributed by atoms with E-state index in [9.17, 15) is 0 Å². The maximum Gasteiger partial charge on any atom is 0.119 e. The van der Waals surface area contributed by atoms with E-state index >= 15 is 0 Å². The van der Waals surface area contributed by atoms with Gasteiger partial charge >= 0.3 is 0 Å². The van der Waals surface area contributed by atoms with Gasteiger partial charge in [0, 0.05) is 23.5 Å². The highest BCUT2D eigenvalue weighted by molar-refractivity contribution is 7.10. The lowest BCUT2D eigenvalue weighted by Gasteiger charge is -2.19. The van der Waals surface area contributed by atoms with Crippen molar-refractivity contribution in [3.05, 3.63) is 35.0 Å². The van der Waals surface area contributed by atoms with Crippen LogP contribution in [-0.2, 0) is 6.54 Å². The zero-order chi connectivity index (χ0) is 11.4. The summed E-state index contributed by atoms with van der Waals surface area (Å²) < 4.78 is 1.98. The largest absolute Gasteiger partial charge is 0.319 e. The lowest BCUT2D eigenvalue weighted by atomic mass is 10.2.